The van der Waals surface area contributed by atoms with Gasteiger partial charge in [0, 0.05) is 38.4 Å². The summed E-state index contributed by atoms with van der Waals surface area (Å²) in [6, 6.07) is 12.4. The molecule has 0 aliphatic carbocycles. The Hall–Kier alpha value is -3.92. The van der Waals surface area contributed by atoms with Gasteiger partial charge >= 0.3 is 0 Å². The van der Waals surface area contributed by atoms with E-state index in [-0.39, 0.29) is 36.6 Å². The Labute approximate surface area is 209 Å². The molecule has 10 nitrogen and oxygen atoms in total. The zero-order chi connectivity index (χ0) is 25.3. The topological polar surface area (TPSA) is 116 Å². The average molecular weight is 495 g/mol. The molecule has 2 amide bonds. The molecule has 0 radical (unpaired) electrons. The Morgan fingerprint density at radius 2 is 2.06 bits per heavy atom. The van der Waals surface area contributed by atoms with Crippen molar-refractivity contribution in [3.8, 4) is 22.8 Å². The molecule has 2 aromatic heterocycles. The summed E-state index contributed by atoms with van der Waals surface area (Å²) < 4.78 is 21.9. The molecule has 36 heavy (non-hydrogen) atoms. The second kappa shape index (κ2) is 12.2. The van der Waals surface area contributed by atoms with E-state index >= 15 is 0 Å². The zero-order valence-electron chi connectivity index (χ0n) is 20.4. The predicted molar refractivity (Wildman–Crippen MR) is 131 cm³/mol. The van der Waals surface area contributed by atoms with E-state index in [2.05, 4.69) is 15.5 Å². The summed E-state index contributed by atoms with van der Waals surface area (Å²) >= 11 is 0. The van der Waals surface area contributed by atoms with Crippen molar-refractivity contribution in [2.24, 2.45) is 0 Å². The van der Waals surface area contributed by atoms with Gasteiger partial charge in [-0.3, -0.25) is 14.6 Å². The van der Waals surface area contributed by atoms with Crippen LogP contribution in [-0.2, 0) is 16.1 Å². The van der Waals surface area contributed by atoms with Gasteiger partial charge in [0.05, 0.1) is 38.1 Å². The van der Waals surface area contributed by atoms with Crippen LogP contribution in [0.5, 0.6) is 11.5 Å². The summed E-state index contributed by atoms with van der Waals surface area (Å²) in [4.78, 5) is 31.7. The molecule has 1 aliphatic heterocycles. The van der Waals surface area contributed by atoms with Crippen LogP contribution < -0.4 is 14.8 Å². The Morgan fingerprint density at radius 1 is 1.17 bits per heavy atom. The summed E-state index contributed by atoms with van der Waals surface area (Å²) in [5.74, 6) is 1.05. The number of hydrogen-bond donors (Lipinski definition) is 1. The van der Waals surface area contributed by atoms with E-state index in [1.54, 1.807) is 49.6 Å². The largest absolute Gasteiger partial charge is 0.497 e. The van der Waals surface area contributed by atoms with Crippen LogP contribution in [0.25, 0.3) is 11.3 Å². The number of aromatic nitrogens is 2. The number of methoxy groups -OCH3 is 2. The molecule has 1 aromatic carbocycles. The van der Waals surface area contributed by atoms with E-state index in [0.29, 0.717) is 42.5 Å². The minimum atomic E-state index is -0.333. The van der Waals surface area contributed by atoms with Crippen molar-refractivity contribution in [3.63, 3.8) is 0 Å². The molecular formula is C26H30N4O6. The third-order valence-corrected chi connectivity index (χ3v) is 5.94. The quantitative estimate of drug-likeness (QED) is 0.432. The van der Waals surface area contributed by atoms with Gasteiger partial charge in [0.1, 0.15) is 11.5 Å². The number of nitrogens with one attached hydrogen (secondary N) is 1. The molecule has 4 rings (SSSR count). The van der Waals surface area contributed by atoms with Crippen LogP contribution in [0, 0.1) is 0 Å². The van der Waals surface area contributed by atoms with Crippen molar-refractivity contribution >= 4 is 11.8 Å². The van der Waals surface area contributed by atoms with Gasteiger partial charge in [0.25, 0.3) is 5.91 Å². The maximum absolute atomic E-state index is 13.4. The SMILES string of the molecule is COc1ccc(OC)c(-c2cc(C(=O)N(CCC(=O)NCc3ccccn3)CC3CCCO3)no2)c1. The number of ether oxygens (including phenoxy) is 3. The number of carbonyl (C=O) groups excluding carboxylic acids is 2. The highest BCUT2D eigenvalue weighted by Crippen LogP contribution is 2.34. The monoisotopic (exact) mass is 494 g/mol. The first-order chi connectivity index (χ1) is 17.6. The van der Waals surface area contributed by atoms with E-state index in [1.165, 1.54) is 0 Å². The van der Waals surface area contributed by atoms with Crippen molar-refractivity contribution in [2.75, 3.05) is 33.9 Å². The number of rotatable bonds is 11. The smallest absolute Gasteiger partial charge is 0.276 e. The maximum atomic E-state index is 13.4. The molecule has 1 N–H and O–H groups in total. The molecule has 1 saturated heterocycles. The molecule has 3 aromatic rings. The van der Waals surface area contributed by atoms with Gasteiger partial charge in [-0.15, -0.1) is 0 Å². The molecule has 0 spiro atoms. The van der Waals surface area contributed by atoms with E-state index in [4.69, 9.17) is 18.7 Å². The van der Waals surface area contributed by atoms with Crippen molar-refractivity contribution < 1.29 is 28.3 Å². The molecule has 3 heterocycles. The fraction of sp³-hybridized carbons (Fsp3) is 0.385. The Kier molecular flexibility index (Phi) is 8.51. The summed E-state index contributed by atoms with van der Waals surface area (Å²) in [7, 11) is 3.12. The van der Waals surface area contributed by atoms with Crippen molar-refractivity contribution in [1.29, 1.82) is 0 Å². The third kappa shape index (κ3) is 6.39. The lowest BCUT2D eigenvalue weighted by Gasteiger charge is -2.24. The van der Waals surface area contributed by atoms with Crippen LogP contribution in [0.2, 0.25) is 0 Å². The summed E-state index contributed by atoms with van der Waals surface area (Å²) in [5, 5.41) is 6.85. The van der Waals surface area contributed by atoms with Crippen LogP contribution in [0.15, 0.2) is 53.2 Å². The van der Waals surface area contributed by atoms with Crippen LogP contribution in [-0.4, -0.2) is 66.9 Å². The molecular weight excluding hydrogens is 464 g/mol. The number of carbonyl (C=O) groups is 2. The average Bonchev–Trinajstić information content (AvgIpc) is 3.62. The third-order valence-electron chi connectivity index (χ3n) is 5.94. The number of nitrogens with zero attached hydrogens (tertiary/aromatic N) is 3. The lowest BCUT2D eigenvalue weighted by atomic mass is 10.1. The van der Waals surface area contributed by atoms with Gasteiger partial charge in [-0.2, -0.15) is 0 Å². The summed E-state index contributed by atoms with van der Waals surface area (Å²) in [6.45, 7) is 1.59. The van der Waals surface area contributed by atoms with Crippen molar-refractivity contribution in [3.05, 3.63) is 60.0 Å². The second-order valence-electron chi connectivity index (χ2n) is 8.38. The standard InChI is InChI=1S/C26H30N4O6/c1-33-19-8-9-23(34-2)21(14-19)24-15-22(29-36-24)26(32)30(17-20-7-5-13-35-20)12-10-25(31)28-16-18-6-3-4-11-27-18/h3-4,6,8-9,11,14-15,20H,5,7,10,12-13,16-17H2,1-2H3,(H,28,31). The zero-order valence-corrected chi connectivity index (χ0v) is 20.4. The number of hydrogen-bond acceptors (Lipinski definition) is 8. The van der Waals surface area contributed by atoms with Gasteiger partial charge in [-0.1, -0.05) is 11.2 Å². The van der Waals surface area contributed by atoms with Gasteiger partial charge < -0.3 is 29.0 Å². The lowest BCUT2D eigenvalue weighted by Crippen LogP contribution is -2.40. The van der Waals surface area contributed by atoms with Crippen LogP contribution in [0.1, 0.15) is 35.4 Å². The molecule has 0 saturated carbocycles. The van der Waals surface area contributed by atoms with Crippen molar-refractivity contribution in [1.82, 2.24) is 20.4 Å². The fourth-order valence-electron chi connectivity index (χ4n) is 4.00. The van der Waals surface area contributed by atoms with Crippen LogP contribution in [0.4, 0.5) is 0 Å². The first-order valence-corrected chi connectivity index (χ1v) is 11.8. The molecule has 1 fully saturated rings. The van der Waals surface area contributed by atoms with E-state index in [1.807, 2.05) is 18.2 Å². The molecule has 190 valence electrons. The molecule has 1 aliphatic rings. The van der Waals surface area contributed by atoms with E-state index in [0.717, 1.165) is 18.5 Å². The fourth-order valence-corrected chi connectivity index (χ4v) is 4.00. The Bertz CT molecular complexity index is 1160. The maximum Gasteiger partial charge on any atom is 0.276 e. The first kappa shape index (κ1) is 25.2. The summed E-state index contributed by atoms with van der Waals surface area (Å²) in [5.41, 5.74) is 1.52. The molecule has 1 unspecified atom stereocenters. The van der Waals surface area contributed by atoms with E-state index in [9.17, 15) is 9.59 Å². The minimum absolute atomic E-state index is 0.0737. The summed E-state index contributed by atoms with van der Waals surface area (Å²) in [6.07, 6.45) is 3.55. The Morgan fingerprint density at radius 3 is 2.78 bits per heavy atom. The number of benzene rings is 1. The number of amides is 2. The van der Waals surface area contributed by atoms with E-state index < -0.39 is 0 Å². The van der Waals surface area contributed by atoms with Gasteiger partial charge in [0.2, 0.25) is 5.91 Å². The van der Waals surface area contributed by atoms with Crippen LogP contribution in [0.3, 0.4) is 0 Å². The second-order valence-corrected chi connectivity index (χ2v) is 8.38. The highest BCUT2D eigenvalue weighted by molar-refractivity contribution is 5.93. The van der Waals surface area contributed by atoms with Gasteiger partial charge in [-0.25, -0.2) is 0 Å². The Balaban J connectivity index is 1.45. The van der Waals surface area contributed by atoms with Gasteiger partial charge in [0.15, 0.2) is 11.5 Å². The highest BCUT2D eigenvalue weighted by atomic mass is 16.5. The molecule has 1 atom stereocenters. The molecule has 0 bridgehead atoms. The first-order valence-electron chi connectivity index (χ1n) is 11.8. The van der Waals surface area contributed by atoms with Crippen LogP contribution >= 0.6 is 0 Å². The lowest BCUT2D eigenvalue weighted by molar-refractivity contribution is -0.121. The van der Waals surface area contributed by atoms with Crippen molar-refractivity contribution in [2.45, 2.75) is 31.9 Å². The highest BCUT2D eigenvalue weighted by Gasteiger charge is 2.26. The number of pyridine rings is 1. The molecule has 10 heteroatoms. The minimum Gasteiger partial charge on any atom is -0.497 e. The predicted octanol–water partition coefficient (Wildman–Crippen LogP) is 3.08. The van der Waals surface area contributed by atoms with Gasteiger partial charge in [-0.05, 0) is 43.2 Å². The normalized spacial score (nSPS) is 14.9.